The summed E-state index contributed by atoms with van der Waals surface area (Å²) in [5, 5.41) is 17.4. The number of phenolic OH excluding ortho intramolecular Hbond substituents is 1. The molecule has 21 heavy (non-hydrogen) atoms. The highest BCUT2D eigenvalue weighted by Crippen LogP contribution is 2.27. The van der Waals surface area contributed by atoms with Gasteiger partial charge in [0.25, 0.3) is 10.1 Å². The summed E-state index contributed by atoms with van der Waals surface area (Å²) in [4.78, 5) is -0.181. The van der Waals surface area contributed by atoms with E-state index < -0.39 is 10.1 Å². The van der Waals surface area contributed by atoms with Gasteiger partial charge in [-0.05, 0) is 61.4 Å². The quantitative estimate of drug-likeness (QED) is 0.667. The Hall–Kier alpha value is -2.25. The zero-order chi connectivity index (χ0) is 15.6. The fraction of sp³-hybridized carbons (Fsp3) is 0.143. The molecule has 7 heteroatoms. The van der Waals surface area contributed by atoms with Gasteiger partial charge < -0.3 is 5.11 Å². The van der Waals surface area contributed by atoms with Crippen LogP contribution in [0.15, 0.2) is 51.5 Å². The average Bonchev–Trinajstić information content (AvgIpc) is 2.38. The van der Waals surface area contributed by atoms with E-state index in [0.717, 1.165) is 5.56 Å². The van der Waals surface area contributed by atoms with Gasteiger partial charge in [0.1, 0.15) is 5.75 Å². The zero-order valence-corrected chi connectivity index (χ0v) is 12.3. The Balaban J connectivity index is 2.34. The van der Waals surface area contributed by atoms with Gasteiger partial charge in [-0.3, -0.25) is 4.55 Å². The first-order chi connectivity index (χ1) is 9.77. The Labute approximate surface area is 122 Å². The van der Waals surface area contributed by atoms with Crippen LogP contribution in [0.3, 0.4) is 0 Å². The molecular formula is C14H14N2O4S. The first-order valence-corrected chi connectivity index (χ1v) is 7.51. The Morgan fingerprint density at radius 2 is 1.43 bits per heavy atom. The van der Waals surface area contributed by atoms with Crippen LogP contribution in [0.2, 0.25) is 0 Å². The molecule has 0 heterocycles. The summed E-state index contributed by atoms with van der Waals surface area (Å²) >= 11 is 0. The molecule has 0 amide bonds. The van der Waals surface area contributed by atoms with Crippen molar-refractivity contribution in [2.24, 2.45) is 10.2 Å². The van der Waals surface area contributed by atoms with E-state index in [2.05, 4.69) is 10.2 Å². The third kappa shape index (κ3) is 3.65. The molecule has 2 rings (SSSR count). The van der Waals surface area contributed by atoms with Crippen LogP contribution in [0.25, 0.3) is 0 Å². The number of aryl methyl sites for hydroxylation is 2. The lowest BCUT2D eigenvalue weighted by molar-refractivity contribution is 0.475. The first-order valence-electron chi connectivity index (χ1n) is 6.07. The molecule has 0 spiro atoms. The van der Waals surface area contributed by atoms with E-state index >= 15 is 0 Å². The van der Waals surface area contributed by atoms with Gasteiger partial charge >= 0.3 is 0 Å². The number of azo groups is 1. The molecule has 2 aromatic carbocycles. The van der Waals surface area contributed by atoms with Gasteiger partial charge in [0.2, 0.25) is 0 Å². The molecule has 0 aliphatic carbocycles. The van der Waals surface area contributed by atoms with Crippen molar-refractivity contribution >= 4 is 21.5 Å². The van der Waals surface area contributed by atoms with Gasteiger partial charge in [-0.1, -0.05) is 0 Å². The molecule has 0 aromatic heterocycles. The molecule has 0 saturated carbocycles. The Kier molecular flexibility index (Phi) is 4.06. The van der Waals surface area contributed by atoms with Crippen LogP contribution in [0.1, 0.15) is 11.1 Å². The molecule has 0 fully saturated rings. The average molecular weight is 306 g/mol. The molecule has 0 atom stereocenters. The third-order valence-electron chi connectivity index (χ3n) is 2.91. The van der Waals surface area contributed by atoms with Crippen LogP contribution in [-0.2, 0) is 10.1 Å². The highest BCUT2D eigenvalue weighted by atomic mass is 32.2. The van der Waals surface area contributed by atoms with Crippen molar-refractivity contribution in [1.29, 1.82) is 0 Å². The molecule has 2 aromatic rings. The molecule has 110 valence electrons. The maximum atomic E-state index is 11.0. The van der Waals surface area contributed by atoms with Gasteiger partial charge in [0, 0.05) is 0 Å². The fourth-order valence-corrected chi connectivity index (χ4v) is 2.33. The van der Waals surface area contributed by atoms with E-state index in [4.69, 9.17) is 4.55 Å². The maximum Gasteiger partial charge on any atom is 0.294 e. The van der Waals surface area contributed by atoms with Crippen LogP contribution in [0.4, 0.5) is 11.4 Å². The standard InChI is InChI=1S/C14H14N2O4S/c1-9-7-11(17)3-5-13(9)15-16-14-6-4-12(8-10(14)2)21(18,19)20/h3-8,17H,1-2H3,(H,18,19,20). The van der Waals surface area contributed by atoms with Crippen molar-refractivity contribution in [3.8, 4) is 5.75 Å². The van der Waals surface area contributed by atoms with E-state index in [1.165, 1.54) is 24.3 Å². The van der Waals surface area contributed by atoms with E-state index in [1.54, 1.807) is 26.0 Å². The summed E-state index contributed by atoms with van der Waals surface area (Å²) in [5.74, 6) is 0.153. The van der Waals surface area contributed by atoms with Crippen molar-refractivity contribution in [3.05, 3.63) is 47.5 Å². The van der Waals surface area contributed by atoms with E-state index in [-0.39, 0.29) is 10.6 Å². The lowest BCUT2D eigenvalue weighted by Crippen LogP contribution is -1.97. The van der Waals surface area contributed by atoms with Crippen LogP contribution in [0.5, 0.6) is 5.75 Å². The fourth-order valence-electron chi connectivity index (χ4n) is 1.76. The van der Waals surface area contributed by atoms with Crippen molar-refractivity contribution in [2.75, 3.05) is 0 Å². The van der Waals surface area contributed by atoms with Crippen LogP contribution < -0.4 is 0 Å². The lowest BCUT2D eigenvalue weighted by Gasteiger charge is -2.03. The summed E-state index contributed by atoms with van der Waals surface area (Å²) < 4.78 is 31.0. The van der Waals surface area contributed by atoms with Crippen LogP contribution in [-0.4, -0.2) is 18.1 Å². The second-order valence-electron chi connectivity index (χ2n) is 4.59. The van der Waals surface area contributed by atoms with E-state index in [1.807, 2.05) is 0 Å². The highest BCUT2D eigenvalue weighted by Gasteiger charge is 2.10. The Morgan fingerprint density at radius 3 is 1.90 bits per heavy atom. The topological polar surface area (TPSA) is 99.3 Å². The minimum absolute atomic E-state index is 0.153. The van der Waals surface area contributed by atoms with Crippen LogP contribution in [0, 0.1) is 13.8 Å². The molecule has 0 aliphatic rings. The molecule has 0 radical (unpaired) electrons. The second kappa shape index (κ2) is 5.63. The summed E-state index contributed by atoms with van der Waals surface area (Å²) in [5.41, 5.74) is 2.44. The SMILES string of the molecule is Cc1cc(O)ccc1N=Nc1ccc(S(=O)(=O)O)cc1C. The van der Waals surface area contributed by atoms with Gasteiger partial charge in [-0.15, -0.1) is 0 Å². The maximum absolute atomic E-state index is 11.0. The number of phenols is 1. The molecule has 0 unspecified atom stereocenters. The number of hydrogen-bond acceptors (Lipinski definition) is 5. The minimum atomic E-state index is -4.22. The number of rotatable bonds is 3. The van der Waals surface area contributed by atoms with Crippen molar-refractivity contribution < 1.29 is 18.1 Å². The van der Waals surface area contributed by atoms with E-state index in [9.17, 15) is 13.5 Å². The van der Waals surface area contributed by atoms with Gasteiger partial charge in [-0.25, -0.2) is 0 Å². The number of hydrogen-bond donors (Lipinski definition) is 2. The Morgan fingerprint density at radius 1 is 0.905 bits per heavy atom. The molecule has 0 bridgehead atoms. The highest BCUT2D eigenvalue weighted by molar-refractivity contribution is 7.85. The normalized spacial score (nSPS) is 12.0. The molecule has 0 aliphatic heterocycles. The van der Waals surface area contributed by atoms with Gasteiger partial charge in [0.15, 0.2) is 0 Å². The van der Waals surface area contributed by atoms with E-state index in [0.29, 0.717) is 16.9 Å². The van der Waals surface area contributed by atoms with Crippen molar-refractivity contribution in [3.63, 3.8) is 0 Å². The number of aromatic hydroxyl groups is 1. The monoisotopic (exact) mass is 306 g/mol. The predicted octanol–water partition coefficient (Wildman–Crippen LogP) is 3.67. The third-order valence-corrected chi connectivity index (χ3v) is 3.76. The summed E-state index contributed by atoms with van der Waals surface area (Å²) in [6.07, 6.45) is 0. The smallest absolute Gasteiger partial charge is 0.294 e. The second-order valence-corrected chi connectivity index (χ2v) is 6.02. The minimum Gasteiger partial charge on any atom is -0.508 e. The van der Waals surface area contributed by atoms with Gasteiger partial charge in [0.05, 0.1) is 16.3 Å². The molecular weight excluding hydrogens is 292 g/mol. The molecule has 6 nitrogen and oxygen atoms in total. The lowest BCUT2D eigenvalue weighted by atomic mass is 10.2. The number of benzene rings is 2. The predicted molar refractivity (Wildman–Crippen MR) is 78.0 cm³/mol. The van der Waals surface area contributed by atoms with Crippen molar-refractivity contribution in [2.45, 2.75) is 18.7 Å². The zero-order valence-electron chi connectivity index (χ0n) is 11.5. The molecule has 0 saturated heterocycles. The first kappa shape index (κ1) is 15.1. The number of nitrogens with zero attached hydrogens (tertiary/aromatic N) is 2. The Bertz CT molecular complexity index is 814. The molecule has 2 N–H and O–H groups in total. The summed E-state index contributed by atoms with van der Waals surface area (Å²) in [6.45, 7) is 3.47. The van der Waals surface area contributed by atoms with Gasteiger partial charge in [-0.2, -0.15) is 18.6 Å². The largest absolute Gasteiger partial charge is 0.508 e. The summed E-state index contributed by atoms with van der Waals surface area (Å²) in [6, 6.07) is 8.78. The summed E-state index contributed by atoms with van der Waals surface area (Å²) in [7, 11) is -4.22. The van der Waals surface area contributed by atoms with Crippen LogP contribution >= 0.6 is 0 Å². The van der Waals surface area contributed by atoms with Crippen molar-refractivity contribution in [1.82, 2.24) is 0 Å².